The minimum Gasteiger partial charge on any atom is -0.348 e. The summed E-state index contributed by atoms with van der Waals surface area (Å²) in [6.07, 6.45) is 0. The number of β-lactam (4-membered cyclic amide) rings is 1. The molecule has 14 heavy (non-hydrogen) atoms. The van der Waals surface area contributed by atoms with Crippen LogP contribution in [0.15, 0.2) is 30.3 Å². The predicted molar refractivity (Wildman–Crippen MR) is 55.7 cm³/mol. The van der Waals surface area contributed by atoms with E-state index in [1.165, 1.54) is 5.56 Å². The van der Waals surface area contributed by atoms with Crippen LogP contribution >= 0.6 is 0 Å². The van der Waals surface area contributed by atoms with Crippen molar-refractivity contribution < 1.29 is 4.79 Å². The van der Waals surface area contributed by atoms with Gasteiger partial charge in [-0.25, -0.2) is 0 Å². The molecule has 2 atom stereocenters. The Morgan fingerprint density at radius 3 is 2.36 bits per heavy atom. The number of carbonyl (C=O) groups excluding carboxylic acids is 1. The van der Waals surface area contributed by atoms with Crippen LogP contribution in [0, 0.1) is 11.8 Å². The molecule has 1 fully saturated rings. The van der Waals surface area contributed by atoms with Crippen molar-refractivity contribution in [3.8, 4) is 0 Å². The van der Waals surface area contributed by atoms with Crippen LogP contribution in [0.4, 0.5) is 0 Å². The lowest BCUT2D eigenvalue weighted by Gasteiger charge is -2.39. The maximum absolute atomic E-state index is 11.3. The smallest absolute Gasteiger partial charge is 0.226 e. The molecule has 0 bridgehead atoms. The third kappa shape index (κ3) is 1.41. The Morgan fingerprint density at radius 1 is 1.21 bits per heavy atom. The lowest BCUT2D eigenvalue weighted by atomic mass is 9.78. The van der Waals surface area contributed by atoms with Gasteiger partial charge in [0.1, 0.15) is 0 Å². The average Bonchev–Trinajstić information content (AvgIpc) is 2.14. The Kier molecular flexibility index (Phi) is 2.28. The van der Waals surface area contributed by atoms with Crippen LogP contribution in [0.2, 0.25) is 0 Å². The highest BCUT2D eigenvalue weighted by Gasteiger charge is 2.41. The maximum atomic E-state index is 11.3. The minimum atomic E-state index is 0.150. The number of rotatable bonds is 2. The van der Waals surface area contributed by atoms with E-state index in [2.05, 4.69) is 31.3 Å². The molecular formula is C12H15NO. The van der Waals surface area contributed by atoms with Crippen LogP contribution in [0.3, 0.4) is 0 Å². The fraction of sp³-hybridized carbons (Fsp3) is 0.417. The van der Waals surface area contributed by atoms with E-state index in [0.29, 0.717) is 5.92 Å². The highest BCUT2D eigenvalue weighted by molar-refractivity contribution is 5.86. The zero-order chi connectivity index (χ0) is 10.1. The molecule has 0 spiro atoms. The summed E-state index contributed by atoms with van der Waals surface area (Å²) in [4.78, 5) is 11.3. The molecule has 0 aromatic heterocycles. The lowest BCUT2D eigenvalue weighted by Crippen LogP contribution is -2.53. The van der Waals surface area contributed by atoms with Gasteiger partial charge in [0.2, 0.25) is 5.91 Å². The standard InChI is InChI=1S/C12H15NO/c1-8(2)10-11(13-12(10)14)9-6-4-3-5-7-9/h3-8,10-11H,1-2H3,(H,13,14)/t10-,11-/m0/s1. The summed E-state index contributed by atoms with van der Waals surface area (Å²) in [5, 5.41) is 2.95. The second kappa shape index (κ2) is 3.45. The van der Waals surface area contributed by atoms with Crippen LogP contribution in [-0.4, -0.2) is 5.91 Å². The van der Waals surface area contributed by atoms with Gasteiger partial charge in [-0.05, 0) is 11.5 Å². The molecule has 0 unspecified atom stereocenters. The summed E-state index contributed by atoms with van der Waals surface area (Å²) < 4.78 is 0. The van der Waals surface area contributed by atoms with Crippen molar-refractivity contribution in [1.29, 1.82) is 0 Å². The second-order valence-corrected chi connectivity index (χ2v) is 4.17. The molecule has 1 aliphatic heterocycles. The van der Waals surface area contributed by atoms with Gasteiger partial charge in [0.05, 0.1) is 12.0 Å². The zero-order valence-corrected chi connectivity index (χ0v) is 8.53. The van der Waals surface area contributed by atoms with Crippen LogP contribution < -0.4 is 5.32 Å². The van der Waals surface area contributed by atoms with E-state index < -0.39 is 0 Å². The van der Waals surface area contributed by atoms with E-state index in [0.717, 1.165) is 0 Å². The van der Waals surface area contributed by atoms with E-state index in [1.54, 1.807) is 0 Å². The van der Waals surface area contributed by atoms with Crippen LogP contribution in [-0.2, 0) is 4.79 Å². The zero-order valence-electron chi connectivity index (χ0n) is 8.53. The molecule has 1 aliphatic rings. The van der Waals surface area contributed by atoms with Gasteiger partial charge >= 0.3 is 0 Å². The highest BCUT2D eigenvalue weighted by atomic mass is 16.2. The Balaban J connectivity index is 2.18. The summed E-state index contributed by atoms with van der Waals surface area (Å²) in [5.74, 6) is 0.750. The van der Waals surface area contributed by atoms with Gasteiger partial charge in [0.15, 0.2) is 0 Å². The van der Waals surface area contributed by atoms with Gasteiger partial charge in [0, 0.05) is 0 Å². The van der Waals surface area contributed by atoms with E-state index >= 15 is 0 Å². The van der Waals surface area contributed by atoms with E-state index in [1.807, 2.05) is 18.2 Å². The fourth-order valence-corrected chi connectivity index (χ4v) is 2.03. The van der Waals surface area contributed by atoms with Crippen LogP contribution in [0.1, 0.15) is 25.5 Å². The Bertz CT molecular complexity index is 331. The Hall–Kier alpha value is -1.31. The predicted octanol–water partition coefficient (Wildman–Crippen LogP) is 2.13. The SMILES string of the molecule is CC(C)[C@@H]1C(=O)N[C@H]1c1ccccc1. The molecule has 0 radical (unpaired) electrons. The van der Waals surface area contributed by atoms with E-state index in [9.17, 15) is 4.79 Å². The first-order chi connectivity index (χ1) is 6.70. The third-order valence-electron chi connectivity index (χ3n) is 2.84. The molecule has 1 N–H and O–H groups in total. The molecule has 0 aliphatic carbocycles. The van der Waals surface area contributed by atoms with Crippen molar-refractivity contribution in [1.82, 2.24) is 5.32 Å². The second-order valence-electron chi connectivity index (χ2n) is 4.17. The Morgan fingerprint density at radius 2 is 1.86 bits per heavy atom. The van der Waals surface area contributed by atoms with Crippen molar-refractivity contribution in [3.05, 3.63) is 35.9 Å². The summed E-state index contributed by atoms with van der Waals surface area (Å²) >= 11 is 0. The number of benzene rings is 1. The largest absolute Gasteiger partial charge is 0.348 e. The van der Waals surface area contributed by atoms with Gasteiger partial charge < -0.3 is 5.32 Å². The van der Waals surface area contributed by atoms with Crippen molar-refractivity contribution in [3.63, 3.8) is 0 Å². The quantitative estimate of drug-likeness (QED) is 0.709. The maximum Gasteiger partial charge on any atom is 0.226 e. The number of hydrogen-bond acceptors (Lipinski definition) is 1. The van der Waals surface area contributed by atoms with Crippen LogP contribution in [0.25, 0.3) is 0 Å². The Labute approximate surface area is 84.3 Å². The summed E-state index contributed by atoms with van der Waals surface area (Å²) in [5.41, 5.74) is 1.21. The first-order valence-electron chi connectivity index (χ1n) is 5.05. The van der Waals surface area contributed by atoms with Gasteiger partial charge in [-0.2, -0.15) is 0 Å². The molecule has 1 aromatic carbocycles. The van der Waals surface area contributed by atoms with Gasteiger partial charge in [-0.1, -0.05) is 44.2 Å². The van der Waals surface area contributed by atoms with E-state index in [-0.39, 0.29) is 17.9 Å². The number of carbonyl (C=O) groups is 1. The van der Waals surface area contributed by atoms with Crippen molar-refractivity contribution >= 4 is 5.91 Å². The molecule has 2 nitrogen and oxygen atoms in total. The molecular weight excluding hydrogens is 174 g/mol. The minimum absolute atomic E-state index is 0.150. The third-order valence-corrected chi connectivity index (χ3v) is 2.84. The number of nitrogens with one attached hydrogen (secondary N) is 1. The summed E-state index contributed by atoms with van der Waals surface area (Å²) in [6, 6.07) is 10.4. The number of amides is 1. The van der Waals surface area contributed by atoms with Gasteiger partial charge in [-0.3, -0.25) is 4.79 Å². The molecule has 2 heteroatoms. The summed E-state index contributed by atoms with van der Waals surface area (Å²) in [7, 11) is 0. The molecule has 1 amide bonds. The molecule has 1 aromatic rings. The first kappa shape index (κ1) is 9.25. The fourth-order valence-electron chi connectivity index (χ4n) is 2.03. The average molecular weight is 189 g/mol. The molecule has 1 saturated heterocycles. The number of hydrogen-bond donors (Lipinski definition) is 1. The van der Waals surface area contributed by atoms with Crippen molar-refractivity contribution in [2.75, 3.05) is 0 Å². The molecule has 0 saturated carbocycles. The lowest BCUT2D eigenvalue weighted by molar-refractivity contribution is -0.137. The molecule has 1 heterocycles. The van der Waals surface area contributed by atoms with Crippen molar-refractivity contribution in [2.45, 2.75) is 19.9 Å². The highest BCUT2D eigenvalue weighted by Crippen LogP contribution is 2.35. The van der Waals surface area contributed by atoms with E-state index in [4.69, 9.17) is 0 Å². The van der Waals surface area contributed by atoms with Gasteiger partial charge in [0.25, 0.3) is 0 Å². The van der Waals surface area contributed by atoms with Crippen LogP contribution in [0.5, 0.6) is 0 Å². The van der Waals surface area contributed by atoms with Gasteiger partial charge in [-0.15, -0.1) is 0 Å². The molecule has 74 valence electrons. The topological polar surface area (TPSA) is 29.1 Å². The normalized spacial score (nSPS) is 25.8. The monoisotopic (exact) mass is 189 g/mol. The first-order valence-corrected chi connectivity index (χ1v) is 5.05. The summed E-state index contributed by atoms with van der Waals surface area (Å²) in [6.45, 7) is 4.19. The van der Waals surface area contributed by atoms with Crippen molar-refractivity contribution in [2.24, 2.45) is 11.8 Å². The molecule has 2 rings (SSSR count).